The molecule has 2 aromatic heterocycles. The van der Waals surface area contributed by atoms with E-state index in [-0.39, 0.29) is 40.8 Å². The van der Waals surface area contributed by atoms with E-state index in [2.05, 4.69) is 40.6 Å². The molecule has 1 saturated carbocycles. The molecule has 2 saturated heterocycles. The second kappa shape index (κ2) is 24.0. The first kappa shape index (κ1) is 51.4. The highest BCUT2D eigenvalue weighted by molar-refractivity contribution is 7.87. The van der Waals surface area contributed by atoms with Crippen LogP contribution in [0.2, 0.25) is 10.0 Å². The lowest BCUT2D eigenvalue weighted by Gasteiger charge is -2.32. The van der Waals surface area contributed by atoms with E-state index in [0.717, 1.165) is 12.8 Å². The number of carbonyl (C=O) groups is 1. The van der Waals surface area contributed by atoms with Gasteiger partial charge in [-0.25, -0.2) is 28.7 Å². The van der Waals surface area contributed by atoms with Crippen molar-refractivity contribution in [1.29, 1.82) is 0 Å². The largest absolute Gasteiger partial charge is 0.493 e. The van der Waals surface area contributed by atoms with Crippen LogP contribution in [0.15, 0.2) is 73.3 Å². The predicted molar refractivity (Wildman–Crippen MR) is 265 cm³/mol. The second-order valence-electron chi connectivity index (χ2n) is 16.8. The van der Waals surface area contributed by atoms with Gasteiger partial charge in [0, 0.05) is 73.2 Å². The van der Waals surface area contributed by atoms with Crippen molar-refractivity contribution in [3.8, 4) is 23.0 Å². The highest BCUT2D eigenvalue weighted by Crippen LogP contribution is 2.39. The minimum atomic E-state index is -3.54. The Morgan fingerprint density at radius 1 is 0.704 bits per heavy atom. The predicted octanol–water partition coefficient (Wildman–Crippen LogP) is 8.27. The molecule has 6 aromatic rings. The van der Waals surface area contributed by atoms with Crippen LogP contribution in [0.3, 0.4) is 0 Å². The van der Waals surface area contributed by atoms with Crippen LogP contribution in [0.25, 0.3) is 21.8 Å². The lowest BCUT2D eigenvalue weighted by Crippen LogP contribution is -2.50. The molecule has 23 heteroatoms. The SMILES string of the molecule is CC(=O)NCCOc1cc2ncnc(Nc3ccc(F)c(Cl)c3)c2cc1OC1CCOCC1.COc1cc2ncnc(Nc3ccc(F)c(Cl)c3)c2cc1OC1CCC(NS(=O)(=O)N2CCOCC2)CC1. The molecule has 0 radical (unpaired) electrons. The van der Waals surface area contributed by atoms with Crippen LogP contribution in [-0.2, 0) is 24.5 Å². The fourth-order valence-electron chi connectivity index (χ4n) is 8.12. The summed E-state index contributed by atoms with van der Waals surface area (Å²) in [6.07, 6.45) is 6.96. The standard InChI is InChI=1S/C25H29ClFN5O5S.C23H24ClFN4O4/c1-35-23-14-22-19(25(29-15-28-22)30-17-4-7-21(27)20(26)12-17)13-24(23)37-18-5-2-16(3-6-18)31-38(33,34)32-8-10-36-11-9-32;1-14(30)26-6-9-32-21-12-20-17(11-22(21)33-16-4-7-31-8-5-16)23(28-13-27-20)29-15-2-3-19(25)18(24)10-15/h4,7,12-16,18,31H,2-3,5-6,8-11H2,1H3,(H,28,29,30);2-3,10-13,16H,4-9H2,1H3,(H,26,30)(H,27,28,29). The zero-order chi connectivity index (χ0) is 49.9. The Hall–Kier alpha value is -5.94. The number of methoxy groups -OCH3 is 1. The summed E-state index contributed by atoms with van der Waals surface area (Å²) in [5.74, 6) is 2.03. The summed E-state index contributed by atoms with van der Waals surface area (Å²) in [4.78, 5) is 28.5. The molecule has 0 spiro atoms. The third-order valence-corrected chi connectivity index (χ3v) is 14.0. The van der Waals surface area contributed by atoms with Gasteiger partial charge in [-0.15, -0.1) is 0 Å². The summed E-state index contributed by atoms with van der Waals surface area (Å²) < 4.78 is 91.6. The fraction of sp³-hybridized carbons (Fsp3) is 0.396. The van der Waals surface area contributed by atoms with Gasteiger partial charge in [0.2, 0.25) is 5.91 Å². The maximum Gasteiger partial charge on any atom is 0.279 e. The van der Waals surface area contributed by atoms with Crippen molar-refractivity contribution >= 4 is 84.1 Å². The Morgan fingerprint density at radius 3 is 1.76 bits per heavy atom. The highest BCUT2D eigenvalue weighted by atomic mass is 35.5. The number of aromatic nitrogens is 4. The van der Waals surface area contributed by atoms with Gasteiger partial charge in [0.25, 0.3) is 10.2 Å². The third kappa shape index (κ3) is 13.7. The number of hydrogen-bond acceptors (Lipinski definition) is 15. The van der Waals surface area contributed by atoms with E-state index >= 15 is 0 Å². The molecule has 18 nitrogen and oxygen atoms in total. The number of anilines is 4. The molecule has 2 aliphatic heterocycles. The van der Waals surface area contributed by atoms with Crippen molar-refractivity contribution in [1.82, 2.24) is 34.3 Å². The van der Waals surface area contributed by atoms with Crippen LogP contribution in [0, 0.1) is 11.6 Å². The summed E-state index contributed by atoms with van der Waals surface area (Å²) in [6, 6.07) is 15.7. The average molecular weight is 1040 g/mol. The lowest BCUT2D eigenvalue weighted by molar-refractivity contribution is -0.119. The molecule has 3 fully saturated rings. The minimum Gasteiger partial charge on any atom is -0.493 e. The van der Waals surface area contributed by atoms with E-state index in [9.17, 15) is 22.0 Å². The first-order chi connectivity index (χ1) is 34.3. The number of hydrogen-bond donors (Lipinski definition) is 4. The van der Waals surface area contributed by atoms with Crippen molar-refractivity contribution in [2.24, 2.45) is 0 Å². The number of amides is 1. The monoisotopic (exact) mass is 1040 g/mol. The average Bonchev–Trinajstić information content (AvgIpc) is 3.36. The number of benzene rings is 4. The van der Waals surface area contributed by atoms with Crippen LogP contribution in [0.4, 0.5) is 31.8 Å². The molecule has 4 heterocycles. The van der Waals surface area contributed by atoms with Gasteiger partial charge in [-0.05, 0) is 74.2 Å². The molecule has 3 aliphatic rings. The molecule has 1 amide bonds. The summed E-state index contributed by atoms with van der Waals surface area (Å²) in [7, 11) is -1.98. The van der Waals surface area contributed by atoms with Gasteiger partial charge in [-0.1, -0.05) is 23.2 Å². The summed E-state index contributed by atoms with van der Waals surface area (Å²) in [5, 5.41) is 10.4. The van der Waals surface area contributed by atoms with Crippen LogP contribution in [0.5, 0.6) is 23.0 Å². The summed E-state index contributed by atoms with van der Waals surface area (Å²) in [6.45, 7) is 4.93. The van der Waals surface area contributed by atoms with E-state index in [1.54, 1.807) is 31.4 Å². The van der Waals surface area contributed by atoms with Crippen LogP contribution in [-0.4, -0.2) is 117 Å². The number of nitrogens with zero attached hydrogens (tertiary/aromatic N) is 5. The number of morpholine rings is 1. The lowest BCUT2D eigenvalue weighted by atomic mass is 9.93. The molecule has 378 valence electrons. The van der Waals surface area contributed by atoms with E-state index in [1.165, 1.54) is 48.1 Å². The third-order valence-electron chi connectivity index (χ3n) is 11.8. The molecular weight excluding hydrogens is 988 g/mol. The van der Waals surface area contributed by atoms with Gasteiger partial charge < -0.3 is 44.4 Å². The first-order valence-electron chi connectivity index (χ1n) is 23.0. The molecule has 0 unspecified atom stereocenters. The molecule has 4 aromatic carbocycles. The summed E-state index contributed by atoms with van der Waals surface area (Å²) in [5.41, 5.74) is 2.44. The molecule has 1 aliphatic carbocycles. The number of carbonyl (C=O) groups excluding carboxylic acids is 1. The van der Waals surface area contributed by atoms with Gasteiger partial charge in [-0.2, -0.15) is 17.4 Å². The number of rotatable bonds is 16. The highest BCUT2D eigenvalue weighted by Gasteiger charge is 2.31. The minimum absolute atomic E-state index is 0.00175. The Kier molecular flexibility index (Phi) is 17.4. The molecular formula is C48H53Cl2F2N9O9S. The van der Waals surface area contributed by atoms with Gasteiger partial charge >= 0.3 is 0 Å². The van der Waals surface area contributed by atoms with E-state index in [4.69, 9.17) is 51.6 Å². The smallest absolute Gasteiger partial charge is 0.279 e. The van der Waals surface area contributed by atoms with Gasteiger partial charge in [-0.3, -0.25) is 4.79 Å². The van der Waals surface area contributed by atoms with E-state index in [1.807, 2.05) is 12.1 Å². The van der Waals surface area contributed by atoms with Gasteiger partial charge in [0.15, 0.2) is 23.0 Å². The molecule has 0 atom stereocenters. The molecule has 4 N–H and O–H groups in total. The molecule has 71 heavy (non-hydrogen) atoms. The normalized spacial score (nSPS) is 17.7. The van der Waals surface area contributed by atoms with Crippen LogP contribution in [0.1, 0.15) is 45.4 Å². The van der Waals surface area contributed by atoms with Crippen molar-refractivity contribution in [2.75, 3.05) is 70.4 Å². The fourth-order valence-corrected chi connectivity index (χ4v) is 9.91. The topological polar surface area (TPSA) is 210 Å². The number of nitrogens with one attached hydrogen (secondary N) is 4. The van der Waals surface area contributed by atoms with E-state index in [0.29, 0.717) is 140 Å². The van der Waals surface area contributed by atoms with Gasteiger partial charge in [0.1, 0.15) is 48.6 Å². The second-order valence-corrected chi connectivity index (χ2v) is 19.3. The Balaban J connectivity index is 0.000000192. The zero-order valence-corrected chi connectivity index (χ0v) is 41.2. The molecule has 9 rings (SSSR count). The number of fused-ring (bicyclic) bond motifs is 2. The maximum atomic E-state index is 13.6. The van der Waals surface area contributed by atoms with Crippen molar-refractivity contribution in [2.45, 2.75) is 63.7 Å². The number of halogens is 4. The summed E-state index contributed by atoms with van der Waals surface area (Å²) >= 11 is 11.8. The maximum absolute atomic E-state index is 13.6. The van der Waals surface area contributed by atoms with Crippen molar-refractivity contribution in [3.63, 3.8) is 0 Å². The van der Waals surface area contributed by atoms with E-state index < -0.39 is 21.8 Å². The zero-order valence-electron chi connectivity index (χ0n) is 38.9. The molecule has 0 bridgehead atoms. The Labute approximate surface area is 419 Å². The Bertz CT molecular complexity index is 2930. The van der Waals surface area contributed by atoms with Crippen LogP contribution >= 0.6 is 23.2 Å². The van der Waals surface area contributed by atoms with Gasteiger partial charge in [0.05, 0.1) is 67.3 Å². The van der Waals surface area contributed by atoms with Crippen LogP contribution < -0.4 is 39.6 Å². The van der Waals surface area contributed by atoms with Crippen molar-refractivity contribution < 1.29 is 50.4 Å². The van der Waals surface area contributed by atoms with Crippen molar-refractivity contribution in [3.05, 3.63) is 95.0 Å². The number of ether oxygens (including phenoxy) is 6. The first-order valence-corrected chi connectivity index (χ1v) is 25.2. The Morgan fingerprint density at radius 2 is 1.23 bits per heavy atom. The quantitative estimate of drug-likeness (QED) is 0.0673.